The number of esters is 1. The first-order chi connectivity index (χ1) is 9.39. The van der Waals surface area contributed by atoms with E-state index in [1.165, 1.54) is 0 Å². The van der Waals surface area contributed by atoms with Crippen LogP contribution in [-0.4, -0.2) is 17.9 Å². The van der Waals surface area contributed by atoms with Crippen molar-refractivity contribution in [3.8, 4) is 11.3 Å². The number of furan rings is 1. The van der Waals surface area contributed by atoms with Crippen molar-refractivity contribution >= 4 is 12.3 Å². The molecule has 0 fully saturated rings. The van der Waals surface area contributed by atoms with Gasteiger partial charge in [-0.1, -0.05) is 12.1 Å². The Morgan fingerprint density at radius 3 is 2.25 bits per heavy atom. The molecule has 0 bridgehead atoms. The molecule has 1 aromatic heterocycles. The molecule has 20 heavy (non-hydrogen) atoms. The average molecular weight is 272 g/mol. The summed E-state index contributed by atoms with van der Waals surface area (Å²) in [7, 11) is 0. The van der Waals surface area contributed by atoms with Gasteiger partial charge in [0.2, 0.25) is 0 Å². The average Bonchev–Trinajstić information content (AvgIpc) is 2.85. The van der Waals surface area contributed by atoms with Crippen molar-refractivity contribution in [2.45, 2.75) is 26.4 Å². The fraction of sp³-hybridized carbons (Fsp3) is 0.250. The van der Waals surface area contributed by atoms with Gasteiger partial charge in [0.25, 0.3) is 0 Å². The van der Waals surface area contributed by atoms with E-state index in [1.807, 2.05) is 20.8 Å². The Hall–Kier alpha value is -2.36. The molecule has 4 heteroatoms. The molecule has 0 aliphatic rings. The summed E-state index contributed by atoms with van der Waals surface area (Å²) in [5.74, 6) is 0.496. The monoisotopic (exact) mass is 272 g/mol. The van der Waals surface area contributed by atoms with Crippen LogP contribution in [0.4, 0.5) is 0 Å². The molecule has 0 N–H and O–H groups in total. The van der Waals surface area contributed by atoms with Crippen molar-refractivity contribution in [2.75, 3.05) is 0 Å². The van der Waals surface area contributed by atoms with Crippen LogP contribution >= 0.6 is 0 Å². The van der Waals surface area contributed by atoms with E-state index in [4.69, 9.17) is 9.15 Å². The van der Waals surface area contributed by atoms with Crippen LogP contribution in [0.1, 0.15) is 41.7 Å². The van der Waals surface area contributed by atoms with Crippen LogP contribution in [0.5, 0.6) is 0 Å². The Morgan fingerprint density at radius 1 is 1.10 bits per heavy atom. The standard InChI is InChI=1S/C16H16O4/c1-16(2,3)20-15(18)12-6-4-11(5-7-12)14-9-8-13(10-17)19-14/h4-10H,1-3H3. The third kappa shape index (κ3) is 3.35. The Balaban J connectivity index is 2.17. The topological polar surface area (TPSA) is 56.5 Å². The molecule has 1 heterocycles. The van der Waals surface area contributed by atoms with Crippen molar-refractivity contribution in [3.05, 3.63) is 47.7 Å². The van der Waals surface area contributed by atoms with Gasteiger partial charge in [0.15, 0.2) is 12.0 Å². The molecule has 2 rings (SSSR count). The van der Waals surface area contributed by atoms with E-state index < -0.39 is 5.60 Å². The highest BCUT2D eigenvalue weighted by Crippen LogP contribution is 2.22. The lowest BCUT2D eigenvalue weighted by Crippen LogP contribution is -2.23. The van der Waals surface area contributed by atoms with E-state index in [2.05, 4.69) is 0 Å². The van der Waals surface area contributed by atoms with E-state index in [-0.39, 0.29) is 11.7 Å². The van der Waals surface area contributed by atoms with Crippen molar-refractivity contribution in [2.24, 2.45) is 0 Å². The minimum absolute atomic E-state index is 0.274. The van der Waals surface area contributed by atoms with Crippen LogP contribution in [0.3, 0.4) is 0 Å². The van der Waals surface area contributed by atoms with Crippen molar-refractivity contribution in [1.29, 1.82) is 0 Å². The number of rotatable bonds is 3. The molecule has 0 atom stereocenters. The van der Waals surface area contributed by atoms with Crippen LogP contribution in [0.2, 0.25) is 0 Å². The molecule has 0 aliphatic heterocycles. The van der Waals surface area contributed by atoms with Gasteiger partial charge >= 0.3 is 5.97 Å². The van der Waals surface area contributed by atoms with Crippen LogP contribution in [0, 0.1) is 0 Å². The second-order valence-electron chi connectivity index (χ2n) is 5.40. The van der Waals surface area contributed by atoms with Gasteiger partial charge in [-0.05, 0) is 45.0 Å². The quantitative estimate of drug-likeness (QED) is 0.631. The maximum absolute atomic E-state index is 11.9. The van der Waals surface area contributed by atoms with Gasteiger partial charge in [-0.25, -0.2) is 4.79 Å². The highest BCUT2D eigenvalue weighted by Gasteiger charge is 2.17. The maximum atomic E-state index is 11.9. The maximum Gasteiger partial charge on any atom is 0.338 e. The van der Waals surface area contributed by atoms with E-state index in [0.717, 1.165) is 5.56 Å². The number of benzene rings is 1. The van der Waals surface area contributed by atoms with E-state index in [9.17, 15) is 9.59 Å². The zero-order valence-corrected chi connectivity index (χ0v) is 11.7. The minimum atomic E-state index is -0.518. The lowest BCUT2D eigenvalue weighted by atomic mass is 10.1. The molecule has 0 spiro atoms. The summed E-state index contributed by atoms with van der Waals surface area (Å²) in [4.78, 5) is 22.4. The summed E-state index contributed by atoms with van der Waals surface area (Å²) in [5.41, 5.74) is 0.756. The summed E-state index contributed by atoms with van der Waals surface area (Å²) in [6.07, 6.45) is 0.651. The highest BCUT2D eigenvalue weighted by molar-refractivity contribution is 5.90. The fourth-order valence-corrected chi connectivity index (χ4v) is 1.68. The first-order valence-electron chi connectivity index (χ1n) is 6.28. The molecule has 0 saturated carbocycles. The van der Waals surface area contributed by atoms with Gasteiger partial charge < -0.3 is 9.15 Å². The third-order valence-electron chi connectivity index (χ3n) is 2.55. The van der Waals surface area contributed by atoms with Crippen molar-refractivity contribution in [3.63, 3.8) is 0 Å². The molecule has 1 aromatic carbocycles. The molecular weight excluding hydrogens is 256 g/mol. The van der Waals surface area contributed by atoms with Gasteiger partial charge in [0, 0.05) is 5.56 Å². The molecule has 0 aliphatic carbocycles. The number of aldehydes is 1. The van der Waals surface area contributed by atoms with Gasteiger partial charge in [-0.3, -0.25) is 4.79 Å². The zero-order valence-electron chi connectivity index (χ0n) is 11.7. The highest BCUT2D eigenvalue weighted by atomic mass is 16.6. The Kier molecular flexibility index (Phi) is 3.74. The first-order valence-corrected chi connectivity index (χ1v) is 6.28. The Bertz CT molecular complexity index is 615. The molecule has 4 nitrogen and oxygen atoms in total. The Morgan fingerprint density at radius 2 is 1.75 bits per heavy atom. The summed E-state index contributed by atoms with van der Waals surface area (Å²) in [5, 5.41) is 0. The number of hydrogen-bond acceptors (Lipinski definition) is 4. The van der Waals surface area contributed by atoms with Gasteiger partial charge in [-0.2, -0.15) is 0 Å². The summed E-state index contributed by atoms with van der Waals surface area (Å²) in [6, 6.07) is 10.2. The second kappa shape index (κ2) is 5.33. The van der Waals surface area contributed by atoms with Crippen molar-refractivity contribution in [1.82, 2.24) is 0 Å². The lowest BCUT2D eigenvalue weighted by Gasteiger charge is -2.19. The SMILES string of the molecule is CC(C)(C)OC(=O)c1ccc(-c2ccc(C=O)o2)cc1. The van der Waals surface area contributed by atoms with E-state index >= 15 is 0 Å². The zero-order chi connectivity index (χ0) is 14.8. The molecule has 2 aromatic rings. The van der Waals surface area contributed by atoms with Crippen LogP contribution in [-0.2, 0) is 4.74 Å². The van der Waals surface area contributed by atoms with Crippen LogP contribution < -0.4 is 0 Å². The molecule has 0 amide bonds. The molecule has 104 valence electrons. The molecule has 0 radical (unpaired) electrons. The summed E-state index contributed by atoms with van der Waals surface area (Å²) >= 11 is 0. The van der Waals surface area contributed by atoms with Gasteiger partial charge in [0.1, 0.15) is 11.4 Å². The van der Waals surface area contributed by atoms with Gasteiger partial charge in [0.05, 0.1) is 5.56 Å². The summed E-state index contributed by atoms with van der Waals surface area (Å²) < 4.78 is 10.6. The molecular formula is C16H16O4. The van der Waals surface area contributed by atoms with E-state index in [0.29, 0.717) is 17.6 Å². The molecule has 0 saturated heterocycles. The van der Waals surface area contributed by atoms with Crippen LogP contribution in [0.25, 0.3) is 11.3 Å². The number of carbonyl (C=O) groups is 2. The lowest BCUT2D eigenvalue weighted by molar-refractivity contribution is 0.00695. The van der Waals surface area contributed by atoms with Gasteiger partial charge in [-0.15, -0.1) is 0 Å². The minimum Gasteiger partial charge on any atom is -0.456 e. The number of ether oxygens (including phenoxy) is 1. The predicted octanol–water partition coefficient (Wildman–Crippen LogP) is 3.71. The fourth-order valence-electron chi connectivity index (χ4n) is 1.68. The largest absolute Gasteiger partial charge is 0.456 e. The van der Waals surface area contributed by atoms with E-state index in [1.54, 1.807) is 36.4 Å². The van der Waals surface area contributed by atoms with Crippen molar-refractivity contribution < 1.29 is 18.7 Å². The predicted molar refractivity (Wildman–Crippen MR) is 74.7 cm³/mol. The normalized spacial score (nSPS) is 11.2. The molecule has 0 unspecified atom stereocenters. The number of carbonyl (C=O) groups excluding carboxylic acids is 2. The number of hydrogen-bond donors (Lipinski definition) is 0. The van der Waals surface area contributed by atoms with Crippen LogP contribution in [0.15, 0.2) is 40.8 Å². The second-order valence-corrected chi connectivity index (χ2v) is 5.40. The Labute approximate surface area is 117 Å². The third-order valence-corrected chi connectivity index (χ3v) is 2.55. The first kappa shape index (κ1) is 14.1. The summed E-state index contributed by atoms with van der Waals surface area (Å²) in [6.45, 7) is 5.47. The smallest absolute Gasteiger partial charge is 0.338 e.